The first-order valence-electron chi connectivity index (χ1n) is 5.77. The summed E-state index contributed by atoms with van der Waals surface area (Å²) in [5.74, 6) is -0.241. The molecule has 0 radical (unpaired) electrons. The summed E-state index contributed by atoms with van der Waals surface area (Å²) in [5.41, 5.74) is 7.22. The monoisotopic (exact) mass is 242 g/mol. The first-order valence-corrected chi connectivity index (χ1v) is 5.77. The Morgan fingerprint density at radius 2 is 1.72 bits per heavy atom. The minimum atomic E-state index is -0.241. The van der Waals surface area contributed by atoms with Gasteiger partial charge in [0.15, 0.2) is 0 Å². The highest BCUT2D eigenvalue weighted by molar-refractivity contribution is 5.80. The van der Waals surface area contributed by atoms with Gasteiger partial charge in [0.05, 0.1) is 11.9 Å². The molecule has 2 nitrogen and oxygen atoms in total. The van der Waals surface area contributed by atoms with Crippen molar-refractivity contribution in [2.24, 2.45) is 5.10 Å². The van der Waals surface area contributed by atoms with Gasteiger partial charge >= 0.3 is 0 Å². The zero-order valence-electron chi connectivity index (χ0n) is 10.4. The molecule has 0 saturated heterocycles. The molecule has 0 unspecified atom stereocenters. The van der Waals surface area contributed by atoms with Gasteiger partial charge in [-0.05, 0) is 54.8 Å². The van der Waals surface area contributed by atoms with E-state index in [1.54, 1.807) is 18.3 Å². The predicted octanol–water partition coefficient (Wildman–Crippen LogP) is 3.89. The maximum absolute atomic E-state index is 12.7. The second-order valence-corrected chi connectivity index (χ2v) is 4.22. The van der Waals surface area contributed by atoms with Gasteiger partial charge in [0.2, 0.25) is 0 Å². The Balaban J connectivity index is 2.02. The standard InChI is InChI=1S/C15H15FN2/c1-11-3-8-15(9-12(11)2)18-17-10-13-4-6-14(16)7-5-13/h3-10,18H,1-2H3/b17-10+. The Kier molecular flexibility index (Phi) is 3.72. The molecule has 0 fully saturated rings. The third-order valence-electron chi connectivity index (χ3n) is 2.78. The number of hydrazone groups is 1. The third-order valence-corrected chi connectivity index (χ3v) is 2.78. The van der Waals surface area contributed by atoms with Crippen molar-refractivity contribution >= 4 is 11.9 Å². The van der Waals surface area contributed by atoms with E-state index in [1.807, 2.05) is 18.2 Å². The fraction of sp³-hybridized carbons (Fsp3) is 0.133. The summed E-state index contributed by atoms with van der Waals surface area (Å²) in [6, 6.07) is 12.3. The summed E-state index contributed by atoms with van der Waals surface area (Å²) in [7, 11) is 0. The van der Waals surface area contributed by atoms with Crippen LogP contribution in [0, 0.1) is 19.7 Å². The molecule has 0 aliphatic carbocycles. The van der Waals surface area contributed by atoms with Gasteiger partial charge < -0.3 is 0 Å². The molecule has 18 heavy (non-hydrogen) atoms. The molecule has 0 aromatic heterocycles. The van der Waals surface area contributed by atoms with Crippen LogP contribution >= 0.6 is 0 Å². The molecule has 0 aliphatic rings. The largest absolute Gasteiger partial charge is 0.278 e. The lowest BCUT2D eigenvalue weighted by Crippen LogP contribution is -1.92. The first-order chi connectivity index (χ1) is 8.65. The van der Waals surface area contributed by atoms with Crippen LogP contribution in [0.25, 0.3) is 0 Å². The molecule has 0 aliphatic heterocycles. The first kappa shape index (κ1) is 12.3. The lowest BCUT2D eigenvalue weighted by atomic mass is 10.1. The zero-order valence-corrected chi connectivity index (χ0v) is 10.4. The number of rotatable bonds is 3. The Hall–Kier alpha value is -2.16. The smallest absolute Gasteiger partial charge is 0.123 e. The number of hydrogen-bond acceptors (Lipinski definition) is 2. The molecule has 0 atom stereocenters. The molecular weight excluding hydrogens is 227 g/mol. The highest BCUT2D eigenvalue weighted by Crippen LogP contribution is 2.13. The SMILES string of the molecule is Cc1ccc(N/N=C/c2ccc(F)cc2)cc1C. The summed E-state index contributed by atoms with van der Waals surface area (Å²) < 4.78 is 12.7. The molecule has 0 saturated carbocycles. The van der Waals surface area contributed by atoms with Crippen molar-refractivity contribution < 1.29 is 4.39 Å². The van der Waals surface area contributed by atoms with Crippen molar-refractivity contribution in [2.45, 2.75) is 13.8 Å². The number of aryl methyl sites for hydroxylation is 2. The fourth-order valence-electron chi connectivity index (χ4n) is 1.54. The average Bonchev–Trinajstić information content (AvgIpc) is 2.36. The molecule has 1 N–H and O–H groups in total. The van der Waals surface area contributed by atoms with E-state index in [1.165, 1.54) is 23.3 Å². The molecule has 2 aromatic rings. The Bertz CT molecular complexity index is 559. The van der Waals surface area contributed by atoms with E-state index in [2.05, 4.69) is 24.4 Å². The maximum atomic E-state index is 12.7. The summed E-state index contributed by atoms with van der Waals surface area (Å²) in [6.07, 6.45) is 1.66. The van der Waals surface area contributed by atoms with Crippen molar-refractivity contribution in [3.8, 4) is 0 Å². The Labute approximate surface area is 106 Å². The minimum Gasteiger partial charge on any atom is -0.278 e. The lowest BCUT2D eigenvalue weighted by molar-refractivity contribution is 0.628. The van der Waals surface area contributed by atoms with Crippen LogP contribution in [0.5, 0.6) is 0 Å². The summed E-state index contributed by atoms with van der Waals surface area (Å²) in [6.45, 7) is 4.13. The molecule has 0 spiro atoms. The van der Waals surface area contributed by atoms with E-state index in [-0.39, 0.29) is 5.82 Å². The summed E-state index contributed by atoms with van der Waals surface area (Å²) >= 11 is 0. The van der Waals surface area contributed by atoms with Gasteiger partial charge in [-0.25, -0.2) is 4.39 Å². The number of hydrogen-bond donors (Lipinski definition) is 1. The van der Waals surface area contributed by atoms with Crippen LogP contribution in [0.15, 0.2) is 47.6 Å². The second kappa shape index (κ2) is 5.45. The van der Waals surface area contributed by atoms with Gasteiger partial charge in [-0.1, -0.05) is 18.2 Å². The van der Waals surface area contributed by atoms with Crippen LogP contribution in [-0.2, 0) is 0 Å². The van der Waals surface area contributed by atoms with E-state index in [0.29, 0.717) is 0 Å². The molecule has 92 valence electrons. The third kappa shape index (κ3) is 3.17. The fourth-order valence-corrected chi connectivity index (χ4v) is 1.54. The van der Waals surface area contributed by atoms with Gasteiger partial charge in [-0.15, -0.1) is 0 Å². The van der Waals surface area contributed by atoms with Gasteiger partial charge in [0.1, 0.15) is 5.82 Å². The van der Waals surface area contributed by atoms with Gasteiger partial charge in [-0.3, -0.25) is 5.43 Å². The maximum Gasteiger partial charge on any atom is 0.123 e. The molecule has 0 bridgehead atoms. The number of nitrogens with one attached hydrogen (secondary N) is 1. The molecule has 2 rings (SSSR count). The van der Waals surface area contributed by atoms with Crippen LogP contribution in [0.2, 0.25) is 0 Å². The average molecular weight is 242 g/mol. The Morgan fingerprint density at radius 3 is 2.39 bits per heavy atom. The van der Waals surface area contributed by atoms with Crippen molar-refractivity contribution in [2.75, 3.05) is 5.43 Å². The van der Waals surface area contributed by atoms with Gasteiger partial charge in [-0.2, -0.15) is 5.10 Å². The van der Waals surface area contributed by atoms with Gasteiger partial charge in [0, 0.05) is 0 Å². The van der Waals surface area contributed by atoms with Crippen molar-refractivity contribution in [3.05, 3.63) is 65.0 Å². The number of nitrogens with zero attached hydrogens (tertiary/aromatic N) is 1. The Morgan fingerprint density at radius 1 is 1.00 bits per heavy atom. The van der Waals surface area contributed by atoms with E-state index in [9.17, 15) is 4.39 Å². The molecule has 0 heterocycles. The molecule has 3 heteroatoms. The van der Waals surface area contributed by atoms with E-state index in [0.717, 1.165) is 11.3 Å². The van der Waals surface area contributed by atoms with E-state index >= 15 is 0 Å². The molecule has 2 aromatic carbocycles. The summed E-state index contributed by atoms with van der Waals surface area (Å²) in [5, 5.41) is 4.11. The number of anilines is 1. The van der Waals surface area contributed by atoms with Crippen molar-refractivity contribution in [1.29, 1.82) is 0 Å². The number of halogens is 1. The quantitative estimate of drug-likeness (QED) is 0.641. The van der Waals surface area contributed by atoms with Crippen molar-refractivity contribution in [1.82, 2.24) is 0 Å². The lowest BCUT2D eigenvalue weighted by Gasteiger charge is -2.03. The van der Waals surface area contributed by atoms with Gasteiger partial charge in [0.25, 0.3) is 0 Å². The van der Waals surface area contributed by atoms with E-state index in [4.69, 9.17) is 0 Å². The van der Waals surface area contributed by atoms with Crippen LogP contribution in [0.4, 0.5) is 10.1 Å². The van der Waals surface area contributed by atoms with Crippen molar-refractivity contribution in [3.63, 3.8) is 0 Å². The summed E-state index contributed by atoms with van der Waals surface area (Å²) in [4.78, 5) is 0. The highest BCUT2D eigenvalue weighted by Gasteiger charge is 1.94. The van der Waals surface area contributed by atoms with Crippen LogP contribution in [-0.4, -0.2) is 6.21 Å². The second-order valence-electron chi connectivity index (χ2n) is 4.22. The normalized spacial score (nSPS) is 10.8. The van der Waals surface area contributed by atoms with E-state index < -0.39 is 0 Å². The molecular formula is C15H15FN2. The number of benzene rings is 2. The van der Waals surface area contributed by atoms with Crippen LogP contribution in [0.1, 0.15) is 16.7 Å². The topological polar surface area (TPSA) is 24.4 Å². The predicted molar refractivity (Wildman–Crippen MR) is 73.5 cm³/mol. The minimum absolute atomic E-state index is 0.241. The van der Waals surface area contributed by atoms with Crippen LogP contribution < -0.4 is 5.43 Å². The van der Waals surface area contributed by atoms with Crippen LogP contribution in [0.3, 0.4) is 0 Å². The molecule has 0 amide bonds. The highest BCUT2D eigenvalue weighted by atomic mass is 19.1. The zero-order chi connectivity index (χ0) is 13.0.